The molecule has 0 aliphatic carbocycles. The van der Waals surface area contributed by atoms with Gasteiger partial charge in [0.15, 0.2) is 0 Å². The van der Waals surface area contributed by atoms with Crippen molar-refractivity contribution in [2.75, 3.05) is 0 Å². The van der Waals surface area contributed by atoms with E-state index in [0.717, 1.165) is 32.6 Å². The van der Waals surface area contributed by atoms with Crippen LogP contribution in [0, 0.1) is 6.92 Å². The van der Waals surface area contributed by atoms with Crippen LogP contribution in [-0.4, -0.2) is 4.98 Å². The number of rotatable bonds is 3. The fraction of sp³-hybridized carbons (Fsp3) is 0.118. The van der Waals surface area contributed by atoms with Crippen molar-refractivity contribution in [1.29, 1.82) is 0 Å². The van der Waals surface area contributed by atoms with Crippen LogP contribution in [0.5, 0.6) is 0 Å². The Balaban J connectivity index is 2.18. The quantitative estimate of drug-likeness (QED) is 0.572. The van der Waals surface area contributed by atoms with E-state index >= 15 is 0 Å². The van der Waals surface area contributed by atoms with Gasteiger partial charge in [-0.25, -0.2) is 5.43 Å². The maximum atomic E-state index is 6.04. The number of aromatic nitrogens is 1. The Kier molecular flexibility index (Phi) is 3.88. The summed E-state index contributed by atoms with van der Waals surface area (Å²) in [5.74, 6) is 5.82. The minimum atomic E-state index is -0.124. The molecule has 2 aromatic carbocycles. The number of benzene rings is 2. The van der Waals surface area contributed by atoms with Crippen LogP contribution in [0.25, 0.3) is 10.9 Å². The fourth-order valence-corrected chi connectivity index (χ4v) is 2.90. The Bertz CT molecular complexity index is 781. The lowest BCUT2D eigenvalue weighted by molar-refractivity contribution is 0.637. The van der Waals surface area contributed by atoms with Crippen LogP contribution in [0.2, 0.25) is 5.02 Å². The average Bonchev–Trinajstić information content (AvgIpc) is 2.50. The van der Waals surface area contributed by atoms with Gasteiger partial charge in [-0.2, -0.15) is 0 Å². The molecule has 3 aromatic rings. The topological polar surface area (TPSA) is 50.9 Å². The second kappa shape index (κ2) is 5.82. The number of nitrogens with one attached hydrogen (secondary N) is 1. The van der Waals surface area contributed by atoms with Crippen molar-refractivity contribution < 1.29 is 0 Å². The third-order valence-electron chi connectivity index (χ3n) is 3.68. The van der Waals surface area contributed by atoms with Crippen LogP contribution in [0.15, 0.2) is 54.7 Å². The Morgan fingerprint density at radius 3 is 2.67 bits per heavy atom. The van der Waals surface area contributed by atoms with Crippen molar-refractivity contribution in [2.45, 2.75) is 13.0 Å². The molecular weight excluding hydrogens is 282 g/mol. The summed E-state index contributed by atoms with van der Waals surface area (Å²) in [6.45, 7) is 2.03. The zero-order valence-electron chi connectivity index (χ0n) is 11.7. The van der Waals surface area contributed by atoms with Crippen molar-refractivity contribution in [3.05, 3.63) is 76.4 Å². The minimum absolute atomic E-state index is 0.124. The maximum Gasteiger partial charge on any atom is 0.0753 e. The first-order valence-electron chi connectivity index (χ1n) is 6.76. The second-order valence-electron chi connectivity index (χ2n) is 5.02. The first-order valence-corrected chi connectivity index (χ1v) is 7.14. The van der Waals surface area contributed by atoms with Crippen molar-refractivity contribution in [3.8, 4) is 0 Å². The van der Waals surface area contributed by atoms with E-state index in [-0.39, 0.29) is 6.04 Å². The molecule has 0 aliphatic heterocycles. The lowest BCUT2D eigenvalue weighted by Gasteiger charge is -2.20. The maximum absolute atomic E-state index is 6.04. The molecule has 3 N–H and O–H groups in total. The lowest BCUT2D eigenvalue weighted by Crippen LogP contribution is -2.29. The standard InChI is InChI=1S/C17H16ClN3/c1-11-10-13(18)7-8-14(11)17(21-19)15-6-2-4-12-5-3-9-20-16(12)15/h2-10,17,21H,19H2,1H3. The molecule has 1 heterocycles. The predicted octanol–water partition coefficient (Wildman–Crippen LogP) is 3.75. The Hall–Kier alpha value is -1.94. The highest BCUT2D eigenvalue weighted by molar-refractivity contribution is 6.30. The van der Waals surface area contributed by atoms with Gasteiger partial charge in [0.2, 0.25) is 0 Å². The number of halogens is 1. The van der Waals surface area contributed by atoms with Gasteiger partial charge in [0, 0.05) is 22.2 Å². The van der Waals surface area contributed by atoms with Crippen LogP contribution in [-0.2, 0) is 0 Å². The zero-order valence-corrected chi connectivity index (χ0v) is 12.4. The zero-order chi connectivity index (χ0) is 14.8. The molecule has 0 radical (unpaired) electrons. The molecule has 4 heteroatoms. The summed E-state index contributed by atoms with van der Waals surface area (Å²) in [5.41, 5.74) is 7.11. The Labute approximate surface area is 128 Å². The summed E-state index contributed by atoms with van der Waals surface area (Å²) in [5, 5.41) is 1.82. The van der Waals surface area contributed by atoms with Crippen LogP contribution >= 0.6 is 11.6 Å². The first kappa shape index (κ1) is 14.0. The third-order valence-corrected chi connectivity index (χ3v) is 3.92. The molecular formula is C17H16ClN3. The number of pyridine rings is 1. The largest absolute Gasteiger partial charge is 0.271 e. The van der Waals surface area contributed by atoms with E-state index < -0.39 is 0 Å². The third kappa shape index (κ3) is 2.63. The summed E-state index contributed by atoms with van der Waals surface area (Å²) in [7, 11) is 0. The van der Waals surface area contributed by atoms with Crippen molar-refractivity contribution >= 4 is 22.5 Å². The summed E-state index contributed by atoms with van der Waals surface area (Å²) < 4.78 is 0. The van der Waals surface area contributed by atoms with Gasteiger partial charge in [-0.05, 0) is 36.2 Å². The Morgan fingerprint density at radius 1 is 1.10 bits per heavy atom. The van der Waals surface area contributed by atoms with Crippen molar-refractivity contribution in [3.63, 3.8) is 0 Å². The van der Waals surface area contributed by atoms with Gasteiger partial charge in [0.1, 0.15) is 0 Å². The van der Waals surface area contributed by atoms with Crippen LogP contribution < -0.4 is 11.3 Å². The molecule has 21 heavy (non-hydrogen) atoms. The molecule has 1 unspecified atom stereocenters. The monoisotopic (exact) mass is 297 g/mol. The number of para-hydroxylation sites is 1. The van der Waals surface area contributed by atoms with Crippen molar-refractivity contribution in [1.82, 2.24) is 10.4 Å². The molecule has 0 aliphatic rings. The number of hydrazine groups is 1. The van der Waals surface area contributed by atoms with Crippen molar-refractivity contribution in [2.24, 2.45) is 5.84 Å². The van der Waals surface area contributed by atoms with E-state index in [2.05, 4.69) is 10.4 Å². The summed E-state index contributed by atoms with van der Waals surface area (Å²) in [4.78, 5) is 4.50. The molecule has 0 fully saturated rings. The highest BCUT2D eigenvalue weighted by atomic mass is 35.5. The van der Waals surface area contributed by atoms with Crippen LogP contribution in [0.4, 0.5) is 0 Å². The van der Waals surface area contributed by atoms with Gasteiger partial charge < -0.3 is 0 Å². The number of aryl methyl sites for hydroxylation is 1. The summed E-state index contributed by atoms with van der Waals surface area (Å²) >= 11 is 6.04. The summed E-state index contributed by atoms with van der Waals surface area (Å²) in [6.07, 6.45) is 1.80. The molecule has 3 rings (SSSR count). The van der Waals surface area contributed by atoms with Gasteiger partial charge in [-0.1, -0.05) is 41.9 Å². The number of nitrogens with two attached hydrogens (primary N) is 1. The lowest BCUT2D eigenvalue weighted by atomic mass is 9.94. The smallest absolute Gasteiger partial charge is 0.0753 e. The minimum Gasteiger partial charge on any atom is -0.271 e. The predicted molar refractivity (Wildman–Crippen MR) is 87.1 cm³/mol. The van der Waals surface area contributed by atoms with Gasteiger partial charge >= 0.3 is 0 Å². The fourth-order valence-electron chi connectivity index (χ4n) is 2.67. The molecule has 106 valence electrons. The number of fused-ring (bicyclic) bond motifs is 1. The highest BCUT2D eigenvalue weighted by Crippen LogP contribution is 2.30. The first-order chi connectivity index (χ1) is 10.2. The number of hydrogen-bond donors (Lipinski definition) is 2. The normalized spacial score (nSPS) is 12.5. The molecule has 1 atom stereocenters. The summed E-state index contributed by atoms with van der Waals surface area (Å²) in [6, 6.07) is 15.8. The number of nitrogens with zero attached hydrogens (tertiary/aromatic N) is 1. The van der Waals surface area contributed by atoms with E-state index in [0.29, 0.717) is 0 Å². The Morgan fingerprint density at radius 2 is 1.90 bits per heavy atom. The van der Waals surface area contributed by atoms with E-state index in [1.807, 2.05) is 55.5 Å². The molecule has 0 spiro atoms. The average molecular weight is 298 g/mol. The number of hydrogen-bond acceptors (Lipinski definition) is 3. The van der Waals surface area contributed by atoms with E-state index in [1.54, 1.807) is 6.20 Å². The van der Waals surface area contributed by atoms with E-state index in [1.165, 1.54) is 0 Å². The second-order valence-corrected chi connectivity index (χ2v) is 5.46. The van der Waals surface area contributed by atoms with Crippen LogP contribution in [0.3, 0.4) is 0 Å². The molecule has 0 bridgehead atoms. The van der Waals surface area contributed by atoms with Gasteiger partial charge in [-0.3, -0.25) is 10.8 Å². The van der Waals surface area contributed by atoms with Gasteiger partial charge in [-0.15, -0.1) is 0 Å². The molecule has 0 saturated carbocycles. The SMILES string of the molecule is Cc1cc(Cl)ccc1C(NN)c1cccc2cccnc12. The van der Waals surface area contributed by atoms with Crippen LogP contribution in [0.1, 0.15) is 22.7 Å². The van der Waals surface area contributed by atoms with E-state index in [9.17, 15) is 0 Å². The highest BCUT2D eigenvalue weighted by Gasteiger charge is 2.17. The molecule has 0 amide bonds. The molecule has 1 aromatic heterocycles. The molecule has 3 nitrogen and oxygen atoms in total. The van der Waals surface area contributed by atoms with Gasteiger partial charge in [0.25, 0.3) is 0 Å². The molecule has 0 saturated heterocycles. The van der Waals surface area contributed by atoms with Gasteiger partial charge in [0.05, 0.1) is 11.6 Å². The van der Waals surface area contributed by atoms with E-state index in [4.69, 9.17) is 17.4 Å².